The summed E-state index contributed by atoms with van der Waals surface area (Å²) in [4.78, 5) is 39.4. The van der Waals surface area contributed by atoms with Gasteiger partial charge in [0.15, 0.2) is 0 Å². The zero-order valence-electron chi connectivity index (χ0n) is 18.6. The number of nitrogens with one attached hydrogen (secondary N) is 2. The van der Waals surface area contributed by atoms with Crippen molar-refractivity contribution in [3.63, 3.8) is 0 Å². The second-order valence-corrected chi connectivity index (χ2v) is 8.20. The Balaban J connectivity index is 2.16. The largest absolute Gasteiger partial charge is 0.465 e. The molecule has 3 N–H and O–H groups in total. The Kier molecular flexibility index (Phi) is 8.49. The van der Waals surface area contributed by atoms with E-state index >= 15 is 0 Å². The van der Waals surface area contributed by atoms with Gasteiger partial charge < -0.3 is 24.5 Å². The summed E-state index contributed by atoms with van der Waals surface area (Å²) >= 11 is 0. The van der Waals surface area contributed by atoms with Crippen molar-refractivity contribution in [1.29, 1.82) is 0 Å². The minimum atomic E-state index is -4.94. The van der Waals surface area contributed by atoms with E-state index in [1.165, 1.54) is 5.32 Å². The zero-order valence-corrected chi connectivity index (χ0v) is 18.6. The number of amides is 2. The monoisotopic (exact) mass is 486 g/mol. The summed E-state index contributed by atoms with van der Waals surface area (Å²) in [7, 11) is 0. The Labute approximate surface area is 193 Å². The number of imidazole rings is 1. The predicted molar refractivity (Wildman–Crippen MR) is 112 cm³/mol. The van der Waals surface area contributed by atoms with Crippen LogP contribution in [0.5, 0.6) is 0 Å². The first kappa shape index (κ1) is 26.5. The van der Waals surface area contributed by atoms with Gasteiger partial charge >= 0.3 is 24.3 Å². The minimum absolute atomic E-state index is 0.0272. The van der Waals surface area contributed by atoms with E-state index in [-0.39, 0.29) is 18.7 Å². The topological polar surface area (TPSA) is 132 Å². The molecule has 1 heterocycles. The number of esters is 1. The van der Waals surface area contributed by atoms with Crippen LogP contribution >= 0.6 is 0 Å². The number of carboxylic acid groups (broad SMARTS) is 1. The SMILES string of the molecule is CC(C)(C)OC(=O)C(Cc1cn(C(NC(=O)O)C(F)(F)F)cn1)NC(=O)OCc1ccccc1. The second-order valence-electron chi connectivity index (χ2n) is 8.20. The van der Waals surface area contributed by atoms with Crippen LogP contribution in [0.4, 0.5) is 22.8 Å². The molecule has 0 fully saturated rings. The van der Waals surface area contributed by atoms with Gasteiger partial charge in [-0.2, -0.15) is 13.2 Å². The molecule has 2 rings (SSSR count). The van der Waals surface area contributed by atoms with Crippen LogP contribution in [0, 0.1) is 0 Å². The number of alkyl carbamates (subject to hydrolysis) is 1. The minimum Gasteiger partial charge on any atom is -0.465 e. The van der Waals surface area contributed by atoms with Gasteiger partial charge in [-0.15, -0.1) is 0 Å². The van der Waals surface area contributed by atoms with Crippen LogP contribution in [0.15, 0.2) is 42.9 Å². The van der Waals surface area contributed by atoms with Gasteiger partial charge in [0.05, 0.1) is 12.0 Å². The van der Waals surface area contributed by atoms with Crippen LogP contribution < -0.4 is 10.6 Å². The smallest absolute Gasteiger partial charge is 0.427 e. The molecule has 34 heavy (non-hydrogen) atoms. The van der Waals surface area contributed by atoms with Crippen LogP contribution in [0.1, 0.15) is 38.2 Å². The summed E-state index contributed by atoms with van der Waals surface area (Å²) in [6.45, 7) is 4.75. The fraction of sp³-hybridized carbons (Fsp3) is 0.429. The van der Waals surface area contributed by atoms with E-state index < -0.39 is 42.1 Å². The molecule has 186 valence electrons. The van der Waals surface area contributed by atoms with Gasteiger partial charge in [0.1, 0.15) is 18.2 Å². The number of benzene rings is 1. The van der Waals surface area contributed by atoms with E-state index in [2.05, 4.69) is 10.3 Å². The van der Waals surface area contributed by atoms with Crippen molar-refractivity contribution in [1.82, 2.24) is 20.2 Å². The molecule has 2 atom stereocenters. The van der Waals surface area contributed by atoms with E-state index in [9.17, 15) is 27.6 Å². The van der Waals surface area contributed by atoms with E-state index in [1.807, 2.05) is 0 Å². The summed E-state index contributed by atoms with van der Waals surface area (Å²) in [5.41, 5.74) is -0.230. The van der Waals surface area contributed by atoms with Gasteiger partial charge in [-0.05, 0) is 26.3 Å². The van der Waals surface area contributed by atoms with Crippen molar-refractivity contribution in [3.05, 3.63) is 54.1 Å². The van der Waals surface area contributed by atoms with Gasteiger partial charge in [0.2, 0.25) is 6.17 Å². The highest BCUT2D eigenvalue weighted by atomic mass is 19.4. The first-order chi connectivity index (χ1) is 15.7. The summed E-state index contributed by atoms with van der Waals surface area (Å²) in [6.07, 6.45) is -9.01. The summed E-state index contributed by atoms with van der Waals surface area (Å²) in [5, 5.41) is 12.4. The van der Waals surface area contributed by atoms with E-state index in [4.69, 9.17) is 14.6 Å². The third kappa shape index (κ3) is 8.64. The highest BCUT2D eigenvalue weighted by Gasteiger charge is 2.42. The molecule has 0 aliphatic heterocycles. The number of nitrogens with zero attached hydrogens (tertiary/aromatic N) is 2. The van der Waals surface area contributed by atoms with E-state index in [0.29, 0.717) is 10.1 Å². The Morgan fingerprint density at radius 2 is 1.76 bits per heavy atom. The lowest BCUT2D eigenvalue weighted by atomic mass is 10.1. The van der Waals surface area contributed by atoms with Crippen LogP contribution in [0.3, 0.4) is 0 Å². The molecule has 0 aliphatic rings. The third-order valence-electron chi connectivity index (χ3n) is 4.13. The Morgan fingerprint density at radius 1 is 1.12 bits per heavy atom. The maximum Gasteiger partial charge on any atom is 0.427 e. The van der Waals surface area contributed by atoms with Gasteiger partial charge in [-0.25, -0.2) is 19.4 Å². The molecular weight excluding hydrogens is 461 g/mol. The van der Waals surface area contributed by atoms with Crippen LogP contribution in [-0.4, -0.2) is 50.6 Å². The third-order valence-corrected chi connectivity index (χ3v) is 4.13. The number of carbonyl (C=O) groups is 3. The maximum atomic E-state index is 13.2. The molecule has 0 spiro atoms. The van der Waals surface area contributed by atoms with Crippen LogP contribution in [-0.2, 0) is 27.3 Å². The molecule has 0 saturated carbocycles. The summed E-state index contributed by atoms with van der Waals surface area (Å²) < 4.78 is 50.6. The van der Waals surface area contributed by atoms with Crippen molar-refractivity contribution < 1.29 is 42.1 Å². The van der Waals surface area contributed by atoms with Crippen LogP contribution in [0.2, 0.25) is 0 Å². The number of halogens is 3. The van der Waals surface area contributed by atoms with Crippen molar-refractivity contribution in [2.24, 2.45) is 0 Å². The highest BCUT2D eigenvalue weighted by Crippen LogP contribution is 2.28. The van der Waals surface area contributed by atoms with Gasteiger partial charge in [-0.1, -0.05) is 30.3 Å². The average molecular weight is 486 g/mol. The molecule has 2 amide bonds. The standard InChI is InChI=1S/C21H25F3N4O6/c1-20(2,3)34-16(29)15(26-19(32)33-11-13-7-5-4-6-8-13)9-14-10-28(12-25-14)17(21(22,23)24)27-18(30)31/h4-8,10,12,15,17,27H,9,11H2,1-3H3,(H,26,32)(H,30,31). The van der Waals surface area contributed by atoms with Gasteiger partial charge in [-0.3, -0.25) is 5.32 Å². The molecule has 2 aromatic rings. The average Bonchev–Trinajstić information content (AvgIpc) is 3.16. The number of alkyl halides is 3. The molecule has 13 heteroatoms. The summed E-state index contributed by atoms with van der Waals surface area (Å²) in [5.74, 6) is -0.852. The molecule has 0 radical (unpaired) electrons. The zero-order chi connectivity index (χ0) is 25.5. The number of aromatic nitrogens is 2. The molecule has 1 aromatic carbocycles. The Bertz CT molecular complexity index is 988. The molecule has 1 aromatic heterocycles. The lowest BCUT2D eigenvalue weighted by molar-refractivity contribution is -0.173. The first-order valence-corrected chi connectivity index (χ1v) is 10.0. The predicted octanol–water partition coefficient (Wildman–Crippen LogP) is 3.39. The van der Waals surface area contributed by atoms with Crippen molar-refractivity contribution in [2.75, 3.05) is 0 Å². The number of hydrogen-bond donors (Lipinski definition) is 3. The highest BCUT2D eigenvalue weighted by molar-refractivity contribution is 5.81. The molecule has 0 aliphatic carbocycles. The fourth-order valence-electron chi connectivity index (χ4n) is 2.75. The van der Waals surface area contributed by atoms with Gasteiger partial charge in [0.25, 0.3) is 0 Å². The number of ether oxygens (including phenoxy) is 2. The lowest BCUT2D eigenvalue weighted by Crippen LogP contribution is -2.45. The normalized spacial score (nSPS) is 13.5. The number of hydrogen-bond acceptors (Lipinski definition) is 6. The Hall–Kier alpha value is -3.77. The maximum absolute atomic E-state index is 13.2. The number of carbonyl (C=O) groups excluding carboxylic acids is 2. The van der Waals surface area contributed by atoms with Gasteiger partial charge in [0, 0.05) is 12.6 Å². The fourth-order valence-corrected chi connectivity index (χ4v) is 2.75. The quantitative estimate of drug-likeness (QED) is 0.488. The van der Waals surface area contributed by atoms with E-state index in [0.717, 1.165) is 12.5 Å². The number of rotatable bonds is 8. The molecule has 10 nitrogen and oxygen atoms in total. The van der Waals surface area contributed by atoms with Crippen molar-refractivity contribution in [2.45, 2.75) is 57.8 Å². The van der Waals surface area contributed by atoms with Crippen molar-refractivity contribution >= 4 is 18.2 Å². The molecular formula is C21H25F3N4O6. The second kappa shape index (κ2) is 10.9. The lowest BCUT2D eigenvalue weighted by Gasteiger charge is -2.24. The Morgan fingerprint density at radius 3 is 2.32 bits per heavy atom. The van der Waals surface area contributed by atoms with Crippen LogP contribution in [0.25, 0.3) is 0 Å². The first-order valence-electron chi connectivity index (χ1n) is 10.0. The van der Waals surface area contributed by atoms with Crippen molar-refractivity contribution in [3.8, 4) is 0 Å². The molecule has 2 unspecified atom stereocenters. The molecule has 0 bridgehead atoms. The summed E-state index contributed by atoms with van der Waals surface area (Å²) in [6, 6.07) is 7.42. The van der Waals surface area contributed by atoms with E-state index in [1.54, 1.807) is 51.1 Å². The molecule has 0 saturated heterocycles.